The maximum absolute atomic E-state index is 8.99. The Hall–Kier alpha value is -0.620. The van der Waals surface area contributed by atoms with E-state index in [1.54, 1.807) is 0 Å². The molecule has 2 aliphatic rings. The summed E-state index contributed by atoms with van der Waals surface area (Å²) in [5, 5.41) is 12.6. The Morgan fingerprint density at radius 1 is 1.19 bits per heavy atom. The number of aliphatic hydroxyl groups is 1. The van der Waals surface area contributed by atoms with Gasteiger partial charge in [0.15, 0.2) is 0 Å². The molecule has 1 aliphatic heterocycles. The lowest BCUT2D eigenvalue weighted by atomic mass is 10.1. The summed E-state index contributed by atoms with van der Waals surface area (Å²) in [6.07, 6.45) is 2.65. The highest BCUT2D eigenvalue weighted by Gasteiger charge is 2.21. The summed E-state index contributed by atoms with van der Waals surface area (Å²) in [5.74, 6) is 0. The van der Waals surface area contributed by atoms with Crippen LogP contribution in [0.4, 0.5) is 5.69 Å². The molecule has 4 nitrogen and oxygen atoms in total. The van der Waals surface area contributed by atoms with Crippen LogP contribution >= 0.6 is 15.9 Å². The van der Waals surface area contributed by atoms with Crippen molar-refractivity contribution in [1.82, 2.24) is 10.2 Å². The Morgan fingerprint density at radius 3 is 2.57 bits per heavy atom. The predicted molar refractivity (Wildman–Crippen MR) is 89.7 cm³/mol. The Morgan fingerprint density at radius 2 is 1.95 bits per heavy atom. The number of nitrogens with zero attached hydrogens (tertiary/aromatic N) is 2. The van der Waals surface area contributed by atoms with Gasteiger partial charge in [0, 0.05) is 55.5 Å². The molecule has 5 heteroatoms. The number of anilines is 1. The summed E-state index contributed by atoms with van der Waals surface area (Å²) in [6.45, 7) is 6.14. The number of β-amino-alcohol motifs (C(OH)–C–C–N with tert-alkyl or cyclic N) is 1. The molecule has 0 unspecified atom stereocenters. The molecule has 0 aromatic heterocycles. The zero-order valence-corrected chi connectivity index (χ0v) is 14.0. The van der Waals surface area contributed by atoms with E-state index >= 15 is 0 Å². The van der Waals surface area contributed by atoms with Crippen molar-refractivity contribution in [2.75, 3.05) is 44.2 Å². The Labute approximate surface area is 135 Å². The van der Waals surface area contributed by atoms with Crippen LogP contribution in [0.25, 0.3) is 0 Å². The Kier molecular flexibility index (Phi) is 5.16. The van der Waals surface area contributed by atoms with Crippen LogP contribution < -0.4 is 10.2 Å². The molecule has 1 aromatic rings. The van der Waals surface area contributed by atoms with Gasteiger partial charge in [-0.15, -0.1) is 0 Å². The molecule has 1 aromatic carbocycles. The molecule has 1 saturated heterocycles. The summed E-state index contributed by atoms with van der Waals surface area (Å²) < 4.78 is 1.20. The number of aliphatic hydroxyl groups excluding tert-OH is 1. The van der Waals surface area contributed by atoms with Gasteiger partial charge in [-0.1, -0.05) is 22.0 Å². The second kappa shape index (κ2) is 7.09. The second-order valence-electron chi connectivity index (χ2n) is 5.98. The zero-order chi connectivity index (χ0) is 14.7. The van der Waals surface area contributed by atoms with Gasteiger partial charge in [0.2, 0.25) is 0 Å². The van der Waals surface area contributed by atoms with E-state index in [-0.39, 0.29) is 6.61 Å². The summed E-state index contributed by atoms with van der Waals surface area (Å²) in [5.41, 5.74) is 2.63. The van der Waals surface area contributed by atoms with Gasteiger partial charge >= 0.3 is 0 Å². The van der Waals surface area contributed by atoms with Crippen LogP contribution in [0.2, 0.25) is 0 Å². The normalized spacial score (nSPS) is 20.0. The first-order chi connectivity index (χ1) is 10.3. The van der Waals surface area contributed by atoms with E-state index in [0.29, 0.717) is 0 Å². The Balaban J connectivity index is 1.57. The number of nitrogens with one attached hydrogen (secondary N) is 1. The fourth-order valence-corrected chi connectivity index (χ4v) is 3.30. The molecule has 2 fully saturated rings. The van der Waals surface area contributed by atoms with Gasteiger partial charge in [0.05, 0.1) is 6.61 Å². The molecule has 1 aliphatic carbocycles. The predicted octanol–water partition coefficient (Wildman–Crippen LogP) is 1.82. The molecule has 0 spiro atoms. The first-order valence-electron chi connectivity index (χ1n) is 7.86. The van der Waals surface area contributed by atoms with Crippen molar-refractivity contribution in [2.45, 2.75) is 25.4 Å². The van der Waals surface area contributed by atoms with E-state index in [0.717, 1.165) is 45.3 Å². The fourth-order valence-electron chi connectivity index (χ4n) is 2.79. The van der Waals surface area contributed by atoms with Crippen molar-refractivity contribution < 1.29 is 5.11 Å². The average Bonchev–Trinajstić information content (AvgIpc) is 3.31. The van der Waals surface area contributed by atoms with E-state index in [2.05, 4.69) is 49.2 Å². The number of halogens is 1. The molecule has 1 heterocycles. The molecule has 0 radical (unpaired) electrons. The maximum Gasteiger partial charge on any atom is 0.0558 e. The second-order valence-corrected chi connectivity index (χ2v) is 6.84. The monoisotopic (exact) mass is 353 g/mol. The van der Waals surface area contributed by atoms with Crippen LogP contribution in [0.1, 0.15) is 18.4 Å². The number of benzene rings is 1. The molecule has 0 bridgehead atoms. The highest BCUT2D eigenvalue weighted by Crippen LogP contribution is 2.26. The van der Waals surface area contributed by atoms with E-state index in [1.807, 2.05) is 0 Å². The van der Waals surface area contributed by atoms with Crippen molar-refractivity contribution in [2.24, 2.45) is 0 Å². The molecule has 116 valence electrons. The van der Waals surface area contributed by atoms with Gasteiger partial charge in [-0.25, -0.2) is 0 Å². The van der Waals surface area contributed by atoms with Crippen molar-refractivity contribution in [1.29, 1.82) is 0 Å². The number of hydrogen-bond acceptors (Lipinski definition) is 4. The molecule has 2 N–H and O–H groups in total. The summed E-state index contributed by atoms with van der Waals surface area (Å²) in [6, 6.07) is 7.45. The van der Waals surface area contributed by atoms with Crippen LogP contribution in [0.15, 0.2) is 22.7 Å². The third-order valence-corrected chi connectivity index (χ3v) is 5.09. The molecule has 0 amide bonds. The van der Waals surface area contributed by atoms with Crippen LogP contribution in [-0.2, 0) is 6.54 Å². The minimum atomic E-state index is 0.258. The lowest BCUT2D eigenvalue weighted by Crippen LogP contribution is -2.47. The van der Waals surface area contributed by atoms with Crippen LogP contribution in [0.5, 0.6) is 0 Å². The van der Waals surface area contributed by atoms with E-state index < -0.39 is 0 Å². The van der Waals surface area contributed by atoms with Gasteiger partial charge in [-0.05, 0) is 30.5 Å². The van der Waals surface area contributed by atoms with Crippen LogP contribution in [0.3, 0.4) is 0 Å². The van der Waals surface area contributed by atoms with Crippen molar-refractivity contribution in [3.63, 3.8) is 0 Å². The first-order valence-corrected chi connectivity index (χ1v) is 8.65. The van der Waals surface area contributed by atoms with Crippen molar-refractivity contribution >= 4 is 21.6 Å². The lowest BCUT2D eigenvalue weighted by molar-refractivity contribution is 0.189. The molecular formula is C16H24BrN3O. The summed E-state index contributed by atoms with van der Waals surface area (Å²) >= 11 is 3.71. The summed E-state index contributed by atoms with van der Waals surface area (Å²) in [7, 11) is 0. The van der Waals surface area contributed by atoms with Crippen LogP contribution in [0, 0.1) is 0 Å². The van der Waals surface area contributed by atoms with E-state index in [4.69, 9.17) is 5.11 Å². The minimum Gasteiger partial charge on any atom is -0.395 e. The third kappa shape index (κ3) is 4.19. The summed E-state index contributed by atoms with van der Waals surface area (Å²) in [4.78, 5) is 4.75. The van der Waals surface area contributed by atoms with Gasteiger partial charge in [0.1, 0.15) is 0 Å². The Bertz CT molecular complexity index is 471. The quantitative estimate of drug-likeness (QED) is 0.818. The van der Waals surface area contributed by atoms with Crippen molar-refractivity contribution in [3.05, 3.63) is 28.2 Å². The first kappa shape index (κ1) is 15.3. The largest absolute Gasteiger partial charge is 0.395 e. The standard InChI is InChI=1S/C16H24BrN3O/c17-16-11-15(4-1-13(16)12-18-14-2-3-14)20-7-5-19(6-8-20)9-10-21/h1,4,11,14,18,21H,2-3,5-10,12H2. The van der Waals surface area contributed by atoms with Gasteiger partial charge < -0.3 is 15.3 Å². The highest BCUT2D eigenvalue weighted by atomic mass is 79.9. The third-order valence-electron chi connectivity index (χ3n) is 4.35. The highest BCUT2D eigenvalue weighted by molar-refractivity contribution is 9.10. The zero-order valence-electron chi connectivity index (χ0n) is 12.4. The van der Waals surface area contributed by atoms with E-state index in [1.165, 1.54) is 28.6 Å². The smallest absolute Gasteiger partial charge is 0.0558 e. The topological polar surface area (TPSA) is 38.7 Å². The van der Waals surface area contributed by atoms with Crippen molar-refractivity contribution in [3.8, 4) is 0 Å². The minimum absolute atomic E-state index is 0.258. The fraction of sp³-hybridized carbons (Fsp3) is 0.625. The van der Waals surface area contributed by atoms with Gasteiger partial charge in [0.25, 0.3) is 0 Å². The SMILES string of the molecule is OCCN1CCN(c2ccc(CNC3CC3)c(Br)c2)CC1. The number of piperazine rings is 1. The lowest BCUT2D eigenvalue weighted by Gasteiger charge is -2.36. The molecule has 3 rings (SSSR count). The maximum atomic E-state index is 8.99. The number of rotatable bonds is 6. The van der Waals surface area contributed by atoms with Crippen LogP contribution in [-0.4, -0.2) is 55.4 Å². The molecule has 21 heavy (non-hydrogen) atoms. The van der Waals surface area contributed by atoms with E-state index in [9.17, 15) is 0 Å². The van der Waals surface area contributed by atoms with Gasteiger partial charge in [-0.2, -0.15) is 0 Å². The molecular weight excluding hydrogens is 330 g/mol. The molecule has 0 atom stereocenters. The average molecular weight is 354 g/mol. The van der Waals surface area contributed by atoms with Gasteiger partial charge in [-0.3, -0.25) is 4.90 Å². The molecule has 1 saturated carbocycles. The number of hydrogen-bond donors (Lipinski definition) is 2.